The Hall–Kier alpha value is -0.0900. The van der Waals surface area contributed by atoms with Crippen LogP contribution in [0.2, 0.25) is 0 Å². The van der Waals surface area contributed by atoms with Crippen LogP contribution in [0.4, 0.5) is 0 Å². The summed E-state index contributed by atoms with van der Waals surface area (Å²) in [6.07, 6.45) is 1.73. The molecule has 0 aromatic carbocycles. The zero-order valence-corrected chi connectivity index (χ0v) is 11.1. The molecule has 0 aromatic heterocycles. The SMILES string of the molecule is CCC(C)CC(=O)N1CCOCC1CBr. The van der Waals surface area contributed by atoms with Crippen molar-refractivity contribution in [2.24, 2.45) is 5.92 Å². The van der Waals surface area contributed by atoms with Crippen LogP contribution < -0.4 is 0 Å². The molecule has 1 aliphatic heterocycles. The Bertz CT molecular complexity index is 211. The number of alkyl halides is 1. The van der Waals surface area contributed by atoms with Crippen LogP contribution in [-0.2, 0) is 9.53 Å². The molecule has 0 spiro atoms. The quantitative estimate of drug-likeness (QED) is 0.737. The van der Waals surface area contributed by atoms with Crippen molar-refractivity contribution < 1.29 is 9.53 Å². The summed E-state index contributed by atoms with van der Waals surface area (Å²) in [6, 6.07) is 0.218. The first kappa shape index (κ1) is 13.0. The first-order valence-electron chi connectivity index (χ1n) is 5.62. The summed E-state index contributed by atoms with van der Waals surface area (Å²) in [7, 11) is 0. The lowest BCUT2D eigenvalue weighted by molar-refractivity contribution is -0.139. The molecule has 4 heteroatoms. The van der Waals surface area contributed by atoms with Crippen molar-refractivity contribution in [3.05, 3.63) is 0 Å². The van der Waals surface area contributed by atoms with Crippen molar-refractivity contribution in [2.75, 3.05) is 25.1 Å². The zero-order chi connectivity index (χ0) is 11.3. The van der Waals surface area contributed by atoms with Gasteiger partial charge in [-0.2, -0.15) is 0 Å². The van der Waals surface area contributed by atoms with Gasteiger partial charge >= 0.3 is 0 Å². The highest BCUT2D eigenvalue weighted by molar-refractivity contribution is 9.09. The molecule has 1 amide bonds. The molecule has 2 atom stereocenters. The molecule has 0 radical (unpaired) electrons. The summed E-state index contributed by atoms with van der Waals surface area (Å²) < 4.78 is 5.36. The van der Waals surface area contributed by atoms with Gasteiger partial charge in [-0.25, -0.2) is 0 Å². The number of morpholine rings is 1. The largest absolute Gasteiger partial charge is 0.377 e. The maximum absolute atomic E-state index is 12.0. The summed E-state index contributed by atoms with van der Waals surface area (Å²) in [5.41, 5.74) is 0. The van der Waals surface area contributed by atoms with Crippen molar-refractivity contribution in [2.45, 2.75) is 32.7 Å². The van der Waals surface area contributed by atoms with E-state index >= 15 is 0 Å². The lowest BCUT2D eigenvalue weighted by Gasteiger charge is -2.35. The summed E-state index contributed by atoms with van der Waals surface area (Å²) in [4.78, 5) is 13.9. The van der Waals surface area contributed by atoms with Crippen LogP contribution in [0.15, 0.2) is 0 Å². The molecular weight excluding hydrogens is 258 g/mol. The molecule has 1 aliphatic rings. The zero-order valence-electron chi connectivity index (χ0n) is 9.54. The molecule has 1 saturated heterocycles. The Morgan fingerprint density at radius 1 is 1.67 bits per heavy atom. The highest BCUT2D eigenvalue weighted by atomic mass is 79.9. The maximum atomic E-state index is 12.0. The van der Waals surface area contributed by atoms with Gasteiger partial charge in [0.2, 0.25) is 5.91 Å². The molecule has 0 bridgehead atoms. The standard InChI is InChI=1S/C11H20BrNO2/c1-3-9(2)6-11(14)13-4-5-15-8-10(13)7-12/h9-10H,3-8H2,1-2H3. The van der Waals surface area contributed by atoms with E-state index in [-0.39, 0.29) is 11.9 Å². The van der Waals surface area contributed by atoms with Gasteiger partial charge in [0.05, 0.1) is 19.3 Å². The van der Waals surface area contributed by atoms with Gasteiger partial charge in [0.15, 0.2) is 0 Å². The number of hydrogen-bond donors (Lipinski definition) is 0. The van der Waals surface area contributed by atoms with Crippen LogP contribution in [0.5, 0.6) is 0 Å². The van der Waals surface area contributed by atoms with E-state index in [2.05, 4.69) is 29.8 Å². The molecule has 0 saturated carbocycles. The number of nitrogens with zero attached hydrogens (tertiary/aromatic N) is 1. The number of ether oxygens (including phenoxy) is 1. The third-order valence-corrected chi connectivity index (χ3v) is 3.69. The van der Waals surface area contributed by atoms with Crippen LogP contribution in [0.1, 0.15) is 26.7 Å². The second-order valence-electron chi connectivity index (χ2n) is 4.19. The van der Waals surface area contributed by atoms with Gasteiger partial charge in [-0.15, -0.1) is 0 Å². The lowest BCUT2D eigenvalue weighted by Crippen LogP contribution is -2.49. The van der Waals surface area contributed by atoms with Crippen molar-refractivity contribution >= 4 is 21.8 Å². The normalized spacial score (nSPS) is 23.9. The minimum absolute atomic E-state index is 0.218. The Morgan fingerprint density at radius 3 is 3.00 bits per heavy atom. The van der Waals surface area contributed by atoms with Gasteiger partial charge in [0.1, 0.15) is 0 Å². The van der Waals surface area contributed by atoms with Crippen molar-refractivity contribution in [1.82, 2.24) is 4.90 Å². The number of halogens is 1. The van der Waals surface area contributed by atoms with Gasteiger partial charge < -0.3 is 9.64 Å². The van der Waals surface area contributed by atoms with Gasteiger partial charge in [-0.1, -0.05) is 36.2 Å². The van der Waals surface area contributed by atoms with Crippen molar-refractivity contribution in [1.29, 1.82) is 0 Å². The van der Waals surface area contributed by atoms with E-state index in [1.807, 2.05) is 4.90 Å². The topological polar surface area (TPSA) is 29.5 Å². The van der Waals surface area contributed by atoms with Gasteiger partial charge in [0, 0.05) is 18.3 Å². The first-order chi connectivity index (χ1) is 7.19. The molecular formula is C11H20BrNO2. The third-order valence-electron chi connectivity index (χ3n) is 2.95. The molecule has 1 fully saturated rings. The van der Waals surface area contributed by atoms with E-state index in [0.717, 1.165) is 18.3 Å². The number of carbonyl (C=O) groups excluding carboxylic acids is 1. The molecule has 15 heavy (non-hydrogen) atoms. The van der Waals surface area contributed by atoms with E-state index in [1.54, 1.807) is 0 Å². The fourth-order valence-electron chi connectivity index (χ4n) is 1.67. The van der Waals surface area contributed by atoms with Crippen molar-refractivity contribution in [3.63, 3.8) is 0 Å². The Labute approximate surface area is 100 Å². The maximum Gasteiger partial charge on any atom is 0.223 e. The molecule has 0 aromatic rings. The minimum Gasteiger partial charge on any atom is -0.377 e. The van der Waals surface area contributed by atoms with Crippen LogP contribution in [0.25, 0.3) is 0 Å². The van der Waals surface area contributed by atoms with E-state index in [4.69, 9.17) is 4.74 Å². The second kappa shape index (κ2) is 6.48. The predicted octanol–water partition coefficient (Wildman–Crippen LogP) is 2.04. The molecule has 0 aliphatic carbocycles. The van der Waals surface area contributed by atoms with Crippen molar-refractivity contribution in [3.8, 4) is 0 Å². The molecule has 2 unspecified atom stereocenters. The summed E-state index contributed by atoms with van der Waals surface area (Å²) >= 11 is 3.43. The molecule has 88 valence electrons. The summed E-state index contributed by atoms with van der Waals surface area (Å²) in [5.74, 6) is 0.758. The monoisotopic (exact) mass is 277 g/mol. The second-order valence-corrected chi connectivity index (χ2v) is 4.84. The van der Waals surface area contributed by atoms with E-state index < -0.39 is 0 Å². The molecule has 1 heterocycles. The van der Waals surface area contributed by atoms with Crippen LogP contribution >= 0.6 is 15.9 Å². The predicted molar refractivity (Wildman–Crippen MR) is 64.2 cm³/mol. The first-order valence-corrected chi connectivity index (χ1v) is 6.74. The average Bonchev–Trinajstić information content (AvgIpc) is 2.28. The summed E-state index contributed by atoms with van der Waals surface area (Å²) in [6.45, 7) is 6.33. The smallest absolute Gasteiger partial charge is 0.223 e. The highest BCUT2D eigenvalue weighted by Crippen LogP contribution is 2.15. The Balaban J connectivity index is 2.48. The lowest BCUT2D eigenvalue weighted by atomic mass is 10.0. The van der Waals surface area contributed by atoms with E-state index in [0.29, 0.717) is 25.6 Å². The third kappa shape index (κ3) is 3.76. The molecule has 1 rings (SSSR count). The Morgan fingerprint density at radius 2 is 2.40 bits per heavy atom. The summed E-state index contributed by atoms with van der Waals surface area (Å²) in [5, 5.41) is 0.805. The fraction of sp³-hybridized carbons (Fsp3) is 0.909. The molecule has 3 nitrogen and oxygen atoms in total. The number of carbonyl (C=O) groups is 1. The van der Waals surface area contributed by atoms with Crippen LogP contribution in [0.3, 0.4) is 0 Å². The van der Waals surface area contributed by atoms with Crippen LogP contribution in [-0.4, -0.2) is 41.9 Å². The number of amides is 1. The van der Waals surface area contributed by atoms with Gasteiger partial charge in [0.25, 0.3) is 0 Å². The van der Waals surface area contributed by atoms with Crippen LogP contribution in [0, 0.1) is 5.92 Å². The number of rotatable bonds is 4. The fourth-order valence-corrected chi connectivity index (χ4v) is 2.21. The van der Waals surface area contributed by atoms with Gasteiger partial charge in [-0.3, -0.25) is 4.79 Å². The average molecular weight is 278 g/mol. The minimum atomic E-state index is 0.218. The molecule has 0 N–H and O–H groups in total. The Kier molecular flexibility index (Phi) is 5.61. The van der Waals surface area contributed by atoms with E-state index in [1.165, 1.54) is 0 Å². The number of hydrogen-bond acceptors (Lipinski definition) is 2. The van der Waals surface area contributed by atoms with Gasteiger partial charge in [-0.05, 0) is 5.92 Å². The van der Waals surface area contributed by atoms with E-state index in [9.17, 15) is 4.79 Å². The highest BCUT2D eigenvalue weighted by Gasteiger charge is 2.26.